The molecule has 0 fully saturated rings. The summed E-state index contributed by atoms with van der Waals surface area (Å²) in [6, 6.07) is 7.13. The maximum atomic E-state index is 13.3. The quantitative estimate of drug-likeness (QED) is 0.429. The van der Waals surface area contributed by atoms with Gasteiger partial charge in [-0.25, -0.2) is 0 Å². The Morgan fingerprint density at radius 3 is 2.09 bits per heavy atom. The Balaban J connectivity index is 2.39. The molecule has 2 N–H and O–H groups in total. The van der Waals surface area contributed by atoms with Crippen LogP contribution in [-0.2, 0) is 11.3 Å². The monoisotopic (exact) mass is 486 g/mol. The number of amides is 2. The van der Waals surface area contributed by atoms with Crippen molar-refractivity contribution in [3.63, 3.8) is 0 Å². The number of methoxy groups -OCH3 is 2. The molecule has 8 nitrogen and oxygen atoms in total. The summed E-state index contributed by atoms with van der Waals surface area (Å²) in [7, 11) is 3.22. The average molecular weight is 487 g/mol. The van der Waals surface area contributed by atoms with Crippen LogP contribution in [0.3, 0.4) is 0 Å². The summed E-state index contributed by atoms with van der Waals surface area (Å²) >= 11 is 0. The molecule has 0 saturated carbocycles. The number of nitrogens with one attached hydrogen (secondary N) is 2. The van der Waals surface area contributed by atoms with Gasteiger partial charge in [-0.15, -0.1) is 0 Å². The average Bonchev–Trinajstić information content (AvgIpc) is 3.18. The zero-order chi connectivity index (χ0) is 26.1. The lowest BCUT2D eigenvalue weighted by Gasteiger charge is -2.20. The Hall–Kier alpha value is -3.03. The van der Waals surface area contributed by atoms with Gasteiger partial charge in [0.2, 0.25) is 5.91 Å². The molecular formula is C27H42N4O4. The first-order valence-electron chi connectivity index (χ1n) is 12.4. The zero-order valence-electron chi connectivity index (χ0n) is 22.5. The van der Waals surface area contributed by atoms with Gasteiger partial charge in [0.25, 0.3) is 5.91 Å². The summed E-state index contributed by atoms with van der Waals surface area (Å²) in [6.45, 7) is 12.9. The van der Waals surface area contributed by atoms with Crippen molar-refractivity contribution in [3.8, 4) is 22.8 Å². The predicted octanol–water partition coefficient (Wildman–Crippen LogP) is 4.67. The molecule has 0 unspecified atom stereocenters. The molecule has 2 rings (SSSR count). The molecule has 1 atom stereocenters. The van der Waals surface area contributed by atoms with Crippen molar-refractivity contribution < 1.29 is 19.1 Å². The van der Waals surface area contributed by atoms with E-state index in [1.807, 2.05) is 36.7 Å². The standard InChI is InChI=1S/C27H42N4O4/c1-17(2)12-13-20(14-25(32)28-19(5)6)29-27(33)21-15-22(31(30-21)16-18(3)4)26-23(34-7)10-9-11-24(26)35-8/h9-11,15,17-20H,12-14,16H2,1-8H3,(H,28,32)(H,29,33)/t20-/m0/s1. The van der Waals surface area contributed by atoms with Gasteiger partial charge in [0, 0.05) is 25.0 Å². The van der Waals surface area contributed by atoms with E-state index in [-0.39, 0.29) is 30.3 Å². The number of hydrogen-bond donors (Lipinski definition) is 2. The van der Waals surface area contributed by atoms with E-state index in [0.29, 0.717) is 35.6 Å². The molecule has 194 valence electrons. The number of benzene rings is 1. The SMILES string of the molecule is COc1cccc(OC)c1-c1cc(C(=O)N[C@@H](CCC(C)C)CC(=O)NC(C)C)nn1CC(C)C. The maximum absolute atomic E-state index is 13.3. The van der Waals surface area contributed by atoms with E-state index in [0.717, 1.165) is 24.1 Å². The van der Waals surface area contributed by atoms with Gasteiger partial charge in [-0.1, -0.05) is 33.8 Å². The van der Waals surface area contributed by atoms with Crippen LogP contribution in [0.5, 0.6) is 11.5 Å². The number of rotatable bonds is 13. The molecule has 0 saturated heterocycles. The van der Waals surface area contributed by atoms with Gasteiger partial charge in [-0.3, -0.25) is 14.3 Å². The highest BCUT2D eigenvalue weighted by molar-refractivity contribution is 5.94. The fourth-order valence-corrected chi connectivity index (χ4v) is 3.94. The number of carbonyl (C=O) groups excluding carboxylic acids is 2. The van der Waals surface area contributed by atoms with Crippen molar-refractivity contribution in [1.82, 2.24) is 20.4 Å². The number of nitrogens with zero attached hydrogens (tertiary/aromatic N) is 2. The maximum Gasteiger partial charge on any atom is 0.272 e. The summed E-state index contributed by atoms with van der Waals surface area (Å²) in [6.07, 6.45) is 1.86. The molecule has 0 spiro atoms. The molecule has 0 bridgehead atoms. The second-order valence-corrected chi connectivity index (χ2v) is 10.1. The molecule has 0 aliphatic rings. The van der Waals surface area contributed by atoms with Gasteiger partial charge < -0.3 is 20.1 Å². The highest BCUT2D eigenvalue weighted by Crippen LogP contribution is 2.38. The zero-order valence-corrected chi connectivity index (χ0v) is 22.5. The molecule has 2 aromatic rings. The third-order valence-corrected chi connectivity index (χ3v) is 5.54. The van der Waals surface area contributed by atoms with Crippen molar-refractivity contribution in [1.29, 1.82) is 0 Å². The van der Waals surface area contributed by atoms with Crippen LogP contribution in [-0.4, -0.2) is 47.9 Å². The smallest absolute Gasteiger partial charge is 0.272 e. The van der Waals surface area contributed by atoms with Crippen molar-refractivity contribution >= 4 is 11.8 Å². The third-order valence-electron chi connectivity index (χ3n) is 5.54. The Morgan fingerprint density at radius 2 is 1.57 bits per heavy atom. The van der Waals surface area contributed by atoms with Crippen molar-refractivity contribution in [2.75, 3.05) is 14.2 Å². The van der Waals surface area contributed by atoms with E-state index in [9.17, 15) is 9.59 Å². The summed E-state index contributed by atoms with van der Waals surface area (Å²) < 4.78 is 13.0. The Bertz CT molecular complexity index is 959. The van der Waals surface area contributed by atoms with Crippen molar-refractivity contribution in [3.05, 3.63) is 30.0 Å². The topological polar surface area (TPSA) is 94.5 Å². The van der Waals surface area contributed by atoms with Gasteiger partial charge in [-0.2, -0.15) is 5.10 Å². The molecule has 0 aliphatic heterocycles. The van der Waals surface area contributed by atoms with E-state index < -0.39 is 0 Å². The summed E-state index contributed by atoms with van der Waals surface area (Å²) in [5.74, 6) is 1.69. The predicted molar refractivity (Wildman–Crippen MR) is 139 cm³/mol. The molecular weight excluding hydrogens is 444 g/mol. The van der Waals surface area contributed by atoms with Gasteiger partial charge in [0.1, 0.15) is 11.5 Å². The van der Waals surface area contributed by atoms with Crippen molar-refractivity contribution in [2.45, 2.75) is 79.4 Å². The second kappa shape index (κ2) is 13.2. The number of aromatic nitrogens is 2. The number of ether oxygens (including phenoxy) is 2. The normalized spacial score (nSPS) is 12.2. The minimum Gasteiger partial charge on any atom is -0.496 e. The molecule has 2 amide bonds. The van der Waals surface area contributed by atoms with E-state index in [4.69, 9.17) is 9.47 Å². The molecule has 0 aliphatic carbocycles. The summed E-state index contributed by atoms with van der Waals surface area (Å²) in [4.78, 5) is 25.7. The van der Waals surface area contributed by atoms with Gasteiger partial charge in [0.05, 0.1) is 25.5 Å². The van der Waals surface area contributed by atoms with E-state index >= 15 is 0 Å². The van der Waals surface area contributed by atoms with Crippen molar-refractivity contribution in [2.24, 2.45) is 11.8 Å². The minimum absolute atomic E-state index is 0.0501. The van der Waals surface area contributed by atoms with Crippen LogP contribution in [0, 0.1) is 11.8 Å². The first kappa shape index (κ1) is 28.2. The fourth-order valence-electron chi connectivity index (χ4n) is 3.94. The van der Waals surface area contributed by atoms with Crippen LogP contribution in [0.25, 0.3) is 11.3 Å². The van der Waals surface area contributed by atoms with Crippen LogP contribution in [0.4, 0.5) is 0 Å². The first-order chi connectivity index (χ1) is 16.5. The van der Waals surface area contributed by atoms with E-state index in [1.165, 1.54) is 0 Å². The highest BCUT2D eigenvalue weighted by Gasteiger charge is 2.24. The highest BCUT2D eigenvalue weighted by atomic mass is 16.5. The molecule has 35 heavy (non-hydrogen) atoms. The largest absolute Gasteiger partial charge is 0.496 e. The molecule has 1 aromatic heterocycles. The van der Waals surface area contributed by atoms with E-state index in [1.54, 1.807) is 20.3 Å². The molecule has 1 aromatic carbocycles. The number of carbonyl (C=O) groups is 2. The molecule has 1 heterocycles. The van der Waals surface area contributed by atoms with Crippen LogP contribution < -0.4 is 20.1 Å². The lowest BCUT2D eigenvalue weighted by atomic mass is 10.0. The summed E-state index contributed by atoms with van der Waals surface area (Å²) in [5.41, 5.74) is 1.79. The third kappa shape index (κ3) is 8.30. The Morgan fingerprint density at radius 1 is 0.943 bits per heavy atom. The van der Waals surface area contributed by atoms with Crippen LogP contribution in [0.1, 0.15) is 71.3 Å². The lowest BCUT2D eigenvalue weighted by Crippen LogP contribution is -2.41. The lowest BCUT2D eigenvalue weighted by molar-refractivity contribution is -0.122. The van der Waals surface area contributed by atoms with Crippen LogP contribution in [0.15, 0.2) is 24.3 Å². The second-order valence-electron chi connectivity index (χ2n) is 10.1. The fraction of sp³-hybridized carbons (Fsp3) is 0.593. The Labute approximate surface area is 209 Å². The summed E-state index contributed by atoms with van der Waals surface area (Å²) in [5, 5.41) is 10.6. The van der Waals surface area contributed by atoms with Gasteiger partial charge >= 0.3 is 0 Å². The molecule has 8 heteroatoms. The Kier molecular flexibility index (Phi) is 10.6. The molecule has 0 radical (unpaired) electrons. The number of hydrogen-bond acceptors (Lipinski definition) is 5. The van der Waals surface area contributed by atoms with Gasteiger partial charge in [0.15, 0.2) is 5.69 Å². The van der Waals surface area contributed by atoms with Crippen LogP contribution >= 0.6 is 0 Å². The first-order valence-corrected chi connectivity index (χ1v) is 12.4. The minimum atomic E-state index is -0.297. The van der Waals surface area contributed by atoms with E-state index in [2.05, 4.69) is 43.4 Å². The van der Waals surface area contributed by atoms with Crippen LogP contribution in [0.2, 0.25) is 0 Å². The van der Waals surface area contributed by atoms with Gasteiger partial charge in [-0.05, 0) is 56.7 Å².